The number of sulfonamides is 1. The van der Waals surface area contributed by atoms with Gasteiger partial charge in [-0.15, -0.1) is 0 Å². The van der Waals surface area contributed by atoms with E-state index in [1.54, 1.807) is 14.1 Å². The van der Waals surface area contributed by atoms with Crippen LogP contribution in [0.5, 0.6) is 0 Å². The number of halogens is 2. The highest BCUT2D eigenvalue weighted by molar-refractivity contribution is 7.92. The molecule has 0 aliphatic heterocycles. The zero-order valence-electron chi connectivity index (χ0n) is 12.4. The fourth-order valence-corrected chi connectivity index (χ4v) is 3.09. The summed E-state index contributed by atoms with van der Waals surface area (Å²) < 4.78 is 40.0. The van der Waals surface area contributed by atoms with Gasteiger partial charge < -0.3 is 4.90 Å². The fraction of sp³-hybridized carbons (Fsp3) is 0.133. The summed E-state index contributed by atoms with van der Waals surface area (Å²) in [4.78, 5) is 13.3. The Morgan fingerprint density at radius 3 is 2.30 bits per heavy atom. The number of hydrogen-bond donors (Lipinski definition) is 1. The van der Waals surface area contributed by atoms with E-state index < -0.39 is 15.8 Å². The standard InChI is InChI=1S/C15H14ClFN2O3S/c1-19(2)15(20)13-8-3-10(16)9-14(13)18-23(21,22)12-6-4-11(17)5-7-12/h3-9,18H,1-2H3. The van der Waals surface area contributed by atoms with Crippen molar-refractivity contribution in [2.75, 3.05) is 18.8 Å². The molecular formula is C15H14ClFN2O3S. The van der Waals surface area contributed by atoms with Crippen molar-refractivity contribution in [2.45, 2.75) is 4.90 Å². The van der Waals surface area contributed by atoms with Crippen molar-refractivity contribution >= 4 is 33.2 Å². The normalized spacial score (nSPS) is 11.1. The van der Waals surface area contributed by atoms with Crippen LogP contribution < -0.4 is 4.72 Å². The third kappa shape index (κ3) is 4.00. The molecule has 2 aromatic rings. The lowest BCUT2D eigenvalue weighted by atomic mass is 10.1. The summed E-state index contributed by atoms with van der Waals surface area (Å²) in [6.45, 7) is 0. The van der Waals surface area contributed by atoms with Gasteiger partial charge in [0.25, 0.3) is 15.9 Å². The van der Waals surface area contributed by atoms with E-state index in [2.05, 4.69) is 4.72 Å². The van der Waals surface area contributed by atoms with Crippen LogP contribution in [0.15, 0.2) is 47.4 Å². The minimum atomic E-state index is -3.97. The smallest absolute Gasteiger partial charge is 0.261 e. The van der Waals surface area contributed by atoms with E-state index in [-0.39, 0.29) is 27.1 Å². The fourth-order valence-electron chi connectivity index (χ4n) is 1.85. The molecule has 2 aromatic carbocycles. The molecule has 8 heteroatoms. The van der Waals surface area contributed by atoms with E-state index in [0.717, 1.165) is 24.3 Å². The highest BCUT2D eigenvalue weighted by Crippen LogP contribution is 2.25. The molecule has 122 valence electrons. The first-order valence-corrected chi connectivity index (χ1v) is 8.36. The zero-order valence-corrected chi connectivity index (χ0v) is 14.0. The topological polar surface area (TPSA) is 66.5 Å². The van der Waals surface area contributed by atoms with E-state index in [9.17, 15) is 17.6 Å². The SMILES string of the molecule is CN(C)C(=O)c1ccc(Cl)cc1NS(=O)(=O)c1ccc(F)cc1. The number of rotatable bonds is 4. The molecule has 0 fully saturated rings. The molecule has 0 spiro atoms. The first-order valence-electron chi connectivity index (χ1n) is 6.50. The molecule has 0 aliphatic rings. The summed E-state index contributed by atoms with van der Waals surface area (Å²) in [5, 5.41) is 0.275. The maximum absolute atomic E-state index is 12.9. The largest absolute Gasteiger partial charge is 0.345 e. The van der Waals surface area contributed by atoms with Crippen LogP contribution in [0.25, 0.3) is 0 Å². The molecule has 0 aromatic heterocycles. The third-order valence-electron chi connectivity index (χ3n) is 2.99. The monoisotopic (exact) mass is 356 g/mol. The third-order valence-corrected chi connectivity index (χ3v) is 4.60. The van der Waals surface area contributed by atoms with Gasteiger partial charge in [-0.2, -0.15) is 0 Å². The zero-order chi connectivity index (χ0) is 17.2. The molecule has 1 N–H and O–H groups in total. The van der Waals surface area contributed by atoms with Crippen molar-refractivity contribution in [1.29, 1.82) is 0 Å². The van der Waals surface area contributed by atoms with Gasteiger partial charge in [-0.05, 0) is 42.5 Å². The Balaban J connectivity index is 2.44. The van der Waals surface area contributed by atoms with Crippen LogP contribution in [-0.4, -0.2) is 33.3 Å². The molecule has 0 saturated carbocycles. The number of nitrogens with zero attached hydrogens (tertiary/aromatic N) is 1. The van der Waals surface area contributed by atoms with E-state index in [1.807, 2.05) is 0 Å². The molecule has 0 atom stereocenters. The Bertz CT molecular complexity index is 836. The lowest BCUT2D eigenvalue weighted by molar-refractivity contribution is 0.0828. The first-order chi connectivity index (χ1) is 10.7. The van der Waals surface area contributed by atoms with Gasteiger partial charge in [-0.1, -0.05) is 11.6 Å². The maximum Gasteiger partial charge on any atom is 0.261 e. The Kier molecular flexibility index (Phi) is 4.91. The number of nitrogens with one attached hydrogen (secondary N) is 1. The molecule has 0 heterocycles. The average molecular weight is 357 g/mol. The van der Waals surface area contributed by atoms with E-state index >= 15 is 0 Å². The van der Waals surface area contributed by atoms with Gasteiger partial charge in [0.2, 0.25) is 0 Å². The number of hydrogen-bond acceptors (Lipinski definition) is 3. The van der Waals surface area contributed by atoms with E-state index in [0.29, 0.717) is 0 Å². The molecular weight excluding hydrogens is 343 g/mol. The second-order valence-electron chi connectivity index (χ2n) is 4.95. The summed E-state index contributed by atoms with van der Waals surface area (Å²) in [7, 11) is -0.873. The van der Waals surface area contributed by atoms with Crippen molar-refractivity contribution < 1.29 is 17.6 Å². The summed E-state index contributed by atoms with van der Waals surface area (Å²) in [5.74, 6) is -0.923. The molecule has 0 radical (unpaired) electrons. The van der Waals surface area contributed by atoms with Crippen LogP contribution in [0.3, 0.4) is 0 Å². The number of benzene rings is 2. The van der Waals surface area contributed by atoms with Crippen LogP contribution in [0.1, 0.15) is 10.4 Å². The Hall–Kier alpha value is -2.12. The Morgan fingerprint density at radius 2 is 1.74 bits per heavy atom. The molecule has 0 saturated heterocycles. The number of anilines is 1. The van der Waals surface area contributed by atoms with Crippen molar-refractivity contribution in [3.8, 4) is 0 Å². The molecule has 1 amide bonds. The van der Waals surface area contributed by atoms with Crippen LogP contribution in [0.2, 0.25) is 5.02 Å². The lowest BCUT2D eigenvalue weighted by Gasteiger charge is -2.16. The van der Waals surface area contributed by atoms with E-state index in [4.69, 9.17) is 11.6 Å². The Morgan fingerprint density at radius 1 is 1.13 bits per heavy atom. The summed E-state index contributed by atoms with van der Waals surface area (Å²) in [5.41, 5.74) is 0.214. The summed E-state index contributed by atoms with van der Waals surface area (Å²) in [6, 6.07) is 8.63. The molecule has 0 bridgehead atoms. The first kappa shape index (κ1) is 17.2. The molecule has 5 nitrogen and oxygen atoms in total. The second kappa shape index (κ2) is 6.55. The molecule has 0 unspecified atom stereocenters. The quantitative estimate of drug-likeness (QED) is 0.915. The van der Waals surface area contributed by atoms with Crippen molar-refractivity contribution in [3.05, 3.63) is 58.9 Å². The molecule has 2 rings (SSSR count). The van der Waals surface area contributed by atoms with Gasteiger partial charge in [-0.3, -0.25) is 9.52 Å². The van der Waals surface area contributed by atoms with Crippen LogP contribution in [-0.2, 0) is 10.0 Å². The minimum absolute atomic E-state index is 0.0560. The maximum atomic E-state index is 12.9. The molecule has 23 heavy (non-hydrogen) atoms. The summed E-state index contributed by atoms with van der Waals surface area (Å²) in [6.07, 6.45) is 0. The summed E-state index contributed by atoms with van der Waals surface area (Å²) >= 11 is 5.89. The van der Waals surface area contributed by atoms with Crippen LogP contribution in [0.4, 0.5) is 10.1 Å². The molecule has 0 aliphatic carbocycles. The highest BCUT2D eigenvalue weighted by Gasteiger charge is 2.20. The predicted octanol–water partition coefficient (Wildman–Crippen LogP) is 2.98. The van der Waals surface area contributed by atoms with Gasteiger partial charge >= 0.3 is 0 Å². The van der Waals surface area contributed by atoms with Crippen LogP contribution >= 0.6 is 11.6 Å². The van der Waals surface area contributed by atoms with Gasteiger partial charge in [0.15, 0.2) is 0 Å². The van der Waals surface area contributed by atoms with Gasteiger partial charge in [-0.25, -0.2) is 12.8 Å². The Labute approximate surface area is 138 Å². The lowest BCUT2D eigenvalue weighted by Crippen LogP contribution is -2.24. The average Bonchev–Trinajstić information content (AvgIpc) is 2.46. The van der Waals surface area contributed by atoms with Gasteiger partial charge in [0, 0.05) is 19.1 Å². The van der Waals surface area contributed by atoms with Gasteiger partial charge in [0.05, 0.1) is 16.1 Å². The predicted molar refractivity (Wildman–Crippen MR) is 86.7 cm³/mol. The van der Waals surface area contributed by atoms with Crippen molar-refractivity contribution in [1.82, 2.24) is 4.90 Å². The minimum Gasteiger partial charge on any atom is -0.345 e. The second-order valence-corrected chi connectivity index (χ2v) is 7.07. The van der Waals surface area contributed by atoms with Crippen molar-refractivity contribution in [3.63, 3.8) is 0 Å². The van der Waals surface area contributed by atoms with Crippen molar-refractivity contribution in [2.24, 2.45) is 0 Å². The number of amides is 1. The highest BCUT2D eigenvalue weighted by atomic mass is 35.5. The number of carbonyl (C=O) groups excluding carboxylic acids is 1. The van der Waals surface area contributed by atoms with Crippen LogP contribution in [0, 0.1) is 5.82 Å². The number of carbonyl (C=O) groups is 1. The van der Waals surface area contributed by atoms with E-state index in [1.165, 1.54) is 23.1 Å². The van der Waals surface area contributed by atoms with Gasteiger partial charge in [0.1, 0.15) is 5.82 Å².